The van der Waals surface area contributed by atoms with Crippen LogP contribution in [0.4, 0.5) is 4.79 Å². The zero-order chi connectivity index (χ0) is 39.6. The van der Waals surface area contributed by atoms with Crippen LogP contribution in [0.25, 0.3) is 0 Å². The highest BCUT2D eigenvalue weighted by Crippen LogP contribution is 2.09. The van der Waals surface area contributed by atoms with Gasteiger partial charge in [0.25, 0.3) is 0 Å². The lowest BCUT2D eigenvalue weighted by molar-refractivity contribution is -0.145. The molecular weight excluding hydrogens is 710 g/mol. The largest absolute Gasteiger partial charge is 0.463 e. The van der Waals surface area contributed by atoms with Crippen LogP contribution in [0.5, 0.6) is 0 Å². The number of hydrogen-bond donors (Lipinski definition) is 0. The standard InChI is InChI=1S/C38H75NO15/c1-6-7-8-9-10-11-36(40)53-35-34-52-33-32-51-31-30-50-29-28-49-27-26-48-25-24-47-23-22-46-21-20-45-19-18-44-17-16-43-15-14-42-13-12-39(5)37(41)54-38(2,3)4/h6-35H2,1-5H3. The molecule has 1 amide bonds. The van der Waals surface area contributed by atoms with Gasteiger partial charge in [-0.05, 0) is 27.2 Å². The predicted octanol–water partition coefficient (Wildman–Crippen LogP) is 3.94. The summed E-state index contributed by atoms with van der Waals surface area (Å²) in [6.45, 7) is 18.7. The second-order valence-electron chi connectivity index (χ2n) is 13.0. The van der Waals surface area contributed by atoms with Crippen LogP contribution in [0.15, 0.2) is 0 Å². The number of carbonyl (C=O) groups is 2. The van der Waals surface area contributed by atoms with Crippen LogP contribution in [-0.2, 0) is 66.4 Å². The fourth-order valence-electron chi connectivity index (χ4n) is 4.09. The number of hydrogen-bond acceptors (Lipinski definition) is 15. The molecule has 0 rings (SSSR count). The van der Waals surface area contributed by atoms with Crippen molar-refractivity contribution in [1.29, 1.82) is 0 Å². The zero-order valence-corrected chi connectivity index (χ0v) is 34.3. The van der Waals surface area contributed by atoms with Gasteiger partial charge in [-0.25, -0.2) is 4.79 Å². The molecule has 0 spiro atoms. The Morgan fingerprint density at radius 1 is 0.426 bits per heavy atom. The van der Waals surface area contributed by atoms with Crippen molar-refractivity contribution in [2.75, 3.05) is 166 Å². The summed E-state index contributed by atoms with van der Waals surface area (Å²) in [4.78, 5) is 25.0. The molecule has 0 aliphatic rings. The van der Waals surface area contributed by atoms with Crippen LogP contribution in [0, 0.1) is 0 Å². The van der Waals surface area contributed by atoms with Gasteiger partial charge in [-0.1, -0.05) is 32.6 Å². The maximum absolute atomic E-state index is 11.9. The summed E-state index contributed by atoms with van der Waals surface area (Å²) in [5.41, 5.74) is -0.514. The number of esters is 1. The normalized spacial score (nSPS) is 11.6. The van der Waals surface area contributed by atoms with E-state index < -0.39 is 5.60 Å². The molecule has 322 valence electrons. The van der Waals surface area contributed by atoms with E-state index in [0.29, 0.717) is 158 Å². The third kappa shape index (κ3) is 43.0. The van der Waals surface area contributed by atoms with Crippen molar-refractivity contribution in [3.8, 4) is 0 Å². The number of carbonyl (C=O) groups excluding carboxylic acids is 2. The molecule has 0 aliphatic carbocycles. The van der Waals surface area contributed by atoms with Gasteiger partial charge >= 0.3 is 12.1 Å². The van der Waals surface area contributed by atoms with E-state index in [-0.39, 0.29) is 18.7 Å². The van der Waals surface area contributed by atoms with E-state index >= 15 is 0 Å². The maximum Gasteiger partial charge on any atom is 0.410 e. The molecule has 54 heavy (non-hydrogen) atoms. The van der Waals surface area contributed by atoms with Crippen LogP contribution in [0.3, 0.4) is 0 Å². The van der Waals surface area contributed by atoms with Crippen molar-refractivity contribution in [3.05, 3.63) is 0 Å². The molecule has 0 aromatic rings. The number of amides is 1. The summed E-state index contributed by atoms with van der Waals surface area (Å²) in [5.74, 6) is -0.151. The summed E-state index contributed by atoms with van der Waals surface area (Å²) in [5, 5.41) is 0. The number of unbranched alkanes of at least 4 members (excludes halogenated alkanes) is 4. The van der Waals surface area contributed by atoms with Crippen LogP contribution in [0.2, 0.25) is 0 Å². The molecule has 0 unspecified atom stereocenters. The second-order valence-corrected chi connectivity index (χ2v) is 13.0. The monoisotopic (exact) mass is 786 g/mol. The Morgan fingerprint density at radius 2 is 0.722 bits per heavy atom. The molecule has 0 saturated carbocycles. The van der Waals surface area contributed by atoms with Gasteiger partial charge in [0.1, 0.15) is 12.2 Å². The summed E-state index contributed by atoms with van der Waals surface area (Å²) in [6.07, 6.45) is 5.68. The van der Waals surface area contributed by atoms with Gasteiger partial charge in [0.05, 0.1) is 145 Å². The van der Waals surface area contributed by atoms with Gasteiger partial charge in [-0.2, -0.15) is 0 Å². The zero-order valence-electron chi connectivity index (χ0n) is 34.3. The molecule has 0 aromatic carbocycles. The number of rotatable bonds is 42. The fraction of sp³-hybridized carbons (Fsp3) is 0.947. The van der Waals surface area contributed by atoms with Crippen molar-refractivity contribution >= 4 is 12.1 Å². The van der Waals surface area contributed by atoms with Gasteiger partial charge < -0.3 is 66.5 Å². The van der Waals surface area contributed by atoms with E-state index in [0.717, 1.165) is 12.8 Å². The highest BCUT2D eigenvalue weighted by atomic mass is 16.6. The quantitative estimate of drug-likeness (QED) is 0.0647. The van der Waals surface area contributed by atoms with Crippen LogP contribution >= 0.6 is 0 Å². The Kier molecular flexibility index (Phi) is 39.7. The van der Waals surface area contributed by atoms with Crippen LogP contribution < -0.4 is 0 Å². The fourth-order valence-corrected chi connectivity index (χ4v) is 4.09. The minimum absolute atomic E-state index is 0.151. The summed E-state index contributed by atoms with van der Waals surface area (Å²) >= 11 is 0. The summed E-state index contributed by atoms with van der Waals surface area (Å²) in [7, 11) is 1.68. The molecule has 0 saturated heterocycles. The van der Waals surface area contributed by atoms with Crippen molar-refractivity contribution in [3.63, 3.8) is 0 Å². The van der Waals surface area contributed by atoms with E-state index in [4.69, 9.17) is 61.6 Å². The Labute approximate surface area is 325 Å². The lowest BCUT2D eigenvalue weighted by Gasteiger charge is -2.24. The minimum Gasteiger partial charge on any atom is -0.463 e. The Hall–Kier alpha value is -1.70. The first kappa shape index (κ1) is 52.3. The number of likely N-dealkylation sites (N-methyl/N-ethyl adjacent to an activating group) is 1. The Morgan fingerprint density at radius 3 is 1.04 bits per heavy atom. The Balaban J connectivity index is 3.16. The molecule has 0 atom stereocenters. The first-order valence-electron chi connectivity index (χ1n) is 19.7. The molecule has 0 bridgehead atoms. The van der Waals surface area contributed by atoms with E-state index in [2.05, 4.69) is 6.92 Å². The van der Waals surface area contributed by atoms with Crippen molar-refractivity contribution < 1.29 is 71.2 Å². The maximum atomic E-state index is 11.9. The van der Waals surface area contributed by atoms with E-state index in [1.807, 2.05) is 20.8 Å². The summed E-state index contributed by atoms with van der Waals surface area (Å²) < 4.78 is 70.7. The van der Waals surface area contributed by atoms with Gasteiger partial charge in [-0.15, -0.1) is 0 Å². The molecule has 0 aromatic heterocycles. The van der Waals surface area contributed by atoms with Crippen molar-refractivity contribution in [2.45, 2.75) is 71.8 Å². The van der Waals surface area contributed by atoms with E-state index in [1.54, 1.807) is 7.05 Å². The molecule has 0 heterocycles. The first-order valence-corrected chi connectivity index (χ1v) is 19.7. The van der Waals surface area contributed by atoms with Crippen molar-refractivity contribution in [1.82, 2.24) is 4.90 Å². The van der Waals surface area contributed by atoms with E-state index in [9.17, 15) is 9.59 Å². The molecule has 0 N–H and O–H groups in total. The van der Waals surface area contributed by atoms with Gasteiger partial charge in [0.15, 0.2) is 0 Å². The molecule has 0 radical (unpaired) electrons. The molecule has 0 aliphatic heterocycles. The molecule has 16 heteroatoms. The highest BCUT2D eigenvalue weighted by molar-refractivity contribution is 5.69. The Bertz CT molecular complexity index is 803. The molecular formula is C38H75NO15. The van der Waals surface area contributed by atoms with Gasteiger partial charge in [-0.3, -0.25) is 4.79 Å². The smallest absolute Gasteiger partial charge is 0.410 e. The minimum atomic E-state index is -0.514. The van der Waals surface area contributed by atoms with E-state index in [1.165, 1.54) is 24.2 Å². The second kappa shape index (κ2) is 40.9. The number of nitrogens with zero attached hydrogens (tertiary/aromatic N) is 1. The lowest BCUT2D eigenvalue weighted by Crippen LogP contribution is -2.36. The average molecular weight is 786 g/mol. The summed E-state index contributed by atoms with van der Waals surface area (Å²) in [6, 6.07) is 0. The predicted molar refractivity (Wildman–Crippen MR) is 202 cm³/mol. The van der Waals surface area contributed by atoms with Gasteiger partial charge in [0, 0.05) is 20.0 Å². The average Bonchev–Trinajstić information content (AvgIpc) is 3.13. The number of ether oxygens (including phenoxy) is 13. The molecule has 0 fully saturated rings. The topological polar surface area (TPSA) is 157 Å². The van der Waals surface area contributed by atoms with Crippen LogP contribution in [0.1, 0.15) is 66.2 Å². The SMILES string of the molecule is CCCCCCCC(=O)OCCOCCOCCOCCOCCOCCOCCOCCOCCOCCOCCOCCN(C)C(=O)OC(C)(C)C. The van der Waals surface area contributed by atoms with Gasteiger partial charge in [0.2, 0.25) is 0 Å². The lowest BCUT2D eigenvalue weighted by atomic mass is 10.1. The first-order chi connectivity index (χ1) is 26.3. The highest BCUT2D eigenvalue weighted by Gasteiger charge is 2.19. The third-order valence-electron chi connectivity index (χ3n) is 6.97. The molecule has 16 nitrogen and oxygen atoms in total. The van der Waals surface area contributed by atoms with Crippen molar-refractivity contribution in [2.24, 2.45) is 0 Å². The third-order valence-corrected chi connectivity index (χ3v) is 6.97. The van der Waals surface area contributed by atoms with Crippen LogP contribution in [-0.4, -0.2) is 188 Å².